The van der Waals surface area contributed by atoms with E-state index in [0.29, 0.717) is 6.04 Å². The summed E-state index contributed by atoms with van der Waals surface area (Å²) < 4.78 is 14.0. The molecule has 3 rings (SSSR count). The number of hydrogen-bond acceptors (Lipinski definition) is 2. The molecule has 2 nitrogen and oxygen atoms in total. The molecule has 20 heavy (non-hydrogen) atoms. The molecule has 0 radical (unpaired) electrons. The lowest BCUT2D eigenvalue weighted by Crippen LogP contribution is -2.39. The van der Waals surface area contributed by atoms with Crippen molar-refractivity contribution >= 4 is 0 Å². The molecule has 1 aromatic rings. The first kappa shape index (κ1) is 14.0. The van der Waals surface area contributed by atoms with Gasteiger partial charge in [-0.2, -0.15) is 0 Å². The number of hydrogen-bond donors (Lipinski definition) is 1. The second-order valence-electron chi connectivity index (χ2n) is 6.47. The van der Waals surface area contributed by atoms with E-state index in [0.717, 1.165) is 43.2 Å². The highest BCUT2D eigenvalue weighted by Crippen LogP contribution is 2.30. The smallest absolute Gasteiger partial charge is 0.127 e. The summed E-state index contributed by atoms with van der Waals surface area (Å²) in [6.07, 6.45) is 5.16. The molecule has 1 saturated carbocycles. The zero-order valence-corrected chi connectivity index (χ0v) is 12.4. The molecule has 0 bridgehead atoms. The van der Waals surface area contributed by atoms with Crippen LogP contribution in [0.2, 0.25) is 0 Å². The molecule has 1 N–H and O–H groups in total. The van der Waals surface area contributed by atoms with Gasteiger partial charge in [-0.05, 0) is 57.7 Å². The summed E-state index contributed by atoms with van der Waals surface area (Å²) in [5, 5.41) is 3.48. The molecule has 1 unspecified atom stereocenters. The van der Waals surface area contributed by atoms with E-state index < -0.39 is 0 Å². The fourth-order valence-electron chi connectivity index (χ4n) is 3.24. The summed E-state index contributed by atoms with van der Waals surface area (Å²) in [5.41, 5.74) is 2.01. The molecule has 0 amide bonds. The van der Waals surface area contributed by atoms with E-state index in [2.05, 4.69) is 10.2 Å². The van der Waals surface area contributed by atoms with Crippen LogP contribution >= 0.6 is 0 Å². The Bertz CT molecular complexity index is 450. The molecule has 2 fully saturated rings. The van der Waals surface area contributed by atoms with E-state index in [1.807, 2.05) is 19.1 Å². The minimum Gasteiger partial charge on any atom is -0.316 e. The Morgan fingerprint density at radius 1 is 1.30 bits per heavy atom. The Hall–Kier alpha value is -0.930. The quantitative estimate of drug-likeness (QED) is 0.889. The van der Waals surface area contributed by atoms with Crippen molar-refractivity contribution in [3.63, 3.8) is 0 Å². The van der Waals surface area contributed by atoms with Crippen LogP contribution in [0.5, 0.6) is 0 Å². The van der Waals surface area contributed by atoms with Gasteiger partial charge in [-0.1, -0.05) is 17.7 Å². The van der Waals surface area contributed by atoms with E-state index in [4.69, 9.17) is 0 Å². The van der Waals surface area contributed by atoms with Crippen molar-refractivity contribution < 1.29 is 4.39 Å². The second-order valence-corrected chi connectivity index (χ2v) is 6.47. The Morgan fingerprint density at radius 2 is 2.15 bits per heavy atom. The number of halogens is 1. The van der Waals surface area contributed by atoms with Gasteiger partial charge in [0, 0.05) is 24.7 Å². The van der Waals surface area contributed by atoms with Crippen LogP contribution < -0.4 is 5.32 Å². The van der Waals surface area contributed by atoms with E-state index in [-0.39, 0.29) is 5.82 Å². The predicted octanol–water partition coefficient (Wildman–Crippen LogP) is 3.10. The zero-order valence-electron chi connectivity index (χ0n) is 12.4. The predicted molar refractivity (Wildman–Crippen MR) is 80.2 cm³/mol. The molecule has 1 heterocycles. The summed E-state index contributed by atoms with van der Waals surface area (Å²) in [4.78, 5) is 2.51. The van der Waals surface area contributed by atoms with Gasteiger partial charge in [0.25, 0.3) is 0 Å². The Kier molecular flexibility index (Phi) is 4.37. The number of benzene rings is 1. The van der Waals surface area contributed by atoms with Crippen molar-refractivity contribution in [1.82, 2.24) is 10.2 Å². The van der Waals surface area contributed by atoms with Crippen LogP contribution in [0.25, 0.3) is 0 Å². The first-order valence-corrected chi connectivity index (χ1v) is 7.92. The third-order valence-corrected chi connectivity index (χ3v) is 4.53. The fourth-order valence-corrected chi connectivity index (χ4v) is 3.24. The van der Waals surface area contributed by atoms with Gasteiger partial charge in [-0.3, -0.25) is 4.90 Å². The summed E-state index contributed by atoms with van der Waals surface area (Å²) in [5.74, 6) is 0.681. The SMILES string of the molecule is Cc1ccc(F)c(CN(CC2CCCNC2)C2CC2)c1. The second kappa shape index (κ2) is 6.23. The van der Waals surface area contributed by atoms with Crippen LogP contribution in [-0.4, -0.2) is 30.6 Å². The highest BCUT2D eigenvalue weighted by atomic mass is 19.1. The minimum atomic E-state index is -0.0528. The standard InChI is InChI=1S/C17H25FN2/c1-13-4-7-17(18)15(9-13)12-20(16-5-6-16)11-14-3-2-8-19-10-14/h4,7,9,14,16,19H,2-3,5-6,8,10-12H2,1H3. The maximum absolute atomic E-state index is 14.0. The number of piperidine rings is 1. The number of rotatable bonds is 5. The lowest BCUT2D eigenvalue weighted by atomic mass is 9.98. The molecular formula is C17H25FN2. The number of nitrogens with zero attached hydrogens (tertiary/aromatic N) is 1. The van der Waals surface area contributed by atoms with E-state index in [1.54, 1.807) is 6.07 Å². The van der Waals surface area contributed by atoms with Gasteiger partial charge in [0.15, 0.2) is 0 Å². The normalized spacial score (nSPS) is 23.2. The lowest BCUT2D eigenvalue weighted by molar-refractivity contribution is 0.191. The minimum absolute atomic E-state index is 0.0528. The zero-order chi connectivity index (χ0) is 13.9. The van der Waals surface area contributed by atoms with E-state index >= 15 is 0 Å². The largest absolute Gasteiger partial charge is 0.316 e. The molecule has 1 aliphatic carbocycles. The topological polar surface area (TPSA) is 15.3 Å². The van der Waals surface area contributed by atoms with Gasteiger partial charge in [0.1, 0.15) is 5.82 Å². The molecule has 110 valence electrons. The summed E-state index contributed by atoms with van der Waals surface area (Å²) in [6, 6.07) is 6.16. The van der Waals surface area contributed by atoms with Crippen LogP contribution in [0, 0.1) is 18.7 Å². The Balaban J connectivity index is 1.66. The van der Waals surface area contributed by atoms with Crippen LogP contribution in [0.4, 0.5) is 4.39 Å². The van der Waals surface area contributed by atoms with Crippen molar-refractivity contribution in [2.24, 2.45) is 5.92 Å². The van der Waals surface area contributed by atoms with Crippen molar-refractivity contribution in [1.29, 1.82) is 0 Å². The number of nitrogens with one attached hydrogen (secondary N) is 1. The van der Waals surface area contributed by atoms with Crippen LogP contribution in [0.15, 0.2) is 18.2 Å². The lowest BCUT2D eigenvalue weighted by Gasteiger charge is -2.30. The molecule has 0 spiro atoms. The van der Waals surface area contributed by atoms with Crippen molar-refractivity contribution in [2.75, 3.05) is 19.6 Å². The first-order chi connectivity index (χ1) is 9.72. The molecule has 2 aliphatic rings. The van der Waals surface area contributed by atoms with Crippen molar-refractivity contribution in [2.45, 2.75) is 45.2 Å². The Labute approximate surface area is 121 Å². The molecule has 1 atom stereocenters. The van der Waals surface area contributed by atoms with Gasteiger partial charge in [-0.15, -0.1) is 0 Å². The van der Waals surface area contributed by atoms with Gasteiger partial charge in [-0.25, -0.2) is 4.39 Å². The van der Waals surface area contributed by atoms with Crippen LogP contribution in [0.1, 0.15) is 36.8 Å². The summed E-state index contributed by atoms with van der Waals surface area (Å²) in [6.45, 7) is 6.21. The summed E-state index contributed by atoms with van der Waals surface area (Å²) in [7, 11) is 0. The molecule has 1 aromatic carbocycles. The van der Waals surface area contributed by atoms with Gasteiger partial charge in [0.2, 0.25) is 0 Å². The third-order valence-electron chi connectivity index (χ3n) is 4.53. The van der Waals surface area contributed by atoms with Crippen LogP contribution in [-0.2, 0) is 6.54 Å². The monoisotopic (exact) mass is 276 g/mol. The highest BCUT2D eigenvalue weighted by molar-refractivity contribution is 5.24. The maximum atomic E-state index is 14.0. The molecule has 3 heteroatoms. The van der Waals surface area contributed by atoms with Crippen molar-refractivity contribution in [3.8, 4) is 0 Å². The molecule has 1 saturated heterocycles. The fraction of sp³-hybridized carbons (Fsp3) is 0.647. The van der Waals surface area contributed by atoms with E-state index in [9.17, 15) is 4.39 Å². The van der Waals surface area contributed by atoms with Crippen molar-refractivity contribution in [3.05, 3.63) is 35.1 Å². The Morgan fingerprint density at radius 3 is 2.85 bits per heavy atom. The van der Waals surface area contributed by atoms with Gasteiger partial charge in [0.05, 0.1) is 0 Å². The summed E-state index contributed by atoms with van der Waals surface area (Å²) >= 11 is 0. The third kappa shape index (κ3) is 3.58. The highest BCUT2D eigenvalue weighted by Gasteiger charge is 2.31. The average molecular weight is 276 g/mol. The first-order valence-electron chi connectivity index (χ1n) is 7.92. The van der Waals surface area contributed by atoms with Gasteiger partial charge < -0.3 is 5.32 Å². The maximum Gasteiger partial charge on any atom is 0.127 e. The number of aryl methyl sites for hydroxylation is 1. The molecule has 1 aliphatic heterocycles. The van der Waals surface area contributed by atoms with E-state index in [1.165, 1.54) is 25.7 Å². The van der Waals surface area contributed by atoms with Crippen LogP contribution in [0.3, 0.4) is 0 Å². The molecular weight excluding hydrogens is 251 g/mol. The van der Waals surface area contributed by atoms with Gasteiger partial charge >= 0.3 is 0 Å². The molecule has 0 aromatic heterocycles. The average Bonchev–Trinajstić information content (AvgIpc) is 3.28.